The zero-order valence-corrected chi connectivity index (χ0v) is 18.4. The summed E-state index contributed by atoms with van der Waals surface area (Å²) in [7, 11) is 0. The van der Waals surface area contributed by atoms with Gasteiger partial charge in [0.25, 0.3) is 0 Å². The molecule has 3 rings (SSSR count). The molecule has 1 atom stereocenters. The number of nitrogens with zero attached hydrogens (tertiary/aromatic N) is 1. The number of para-hydroxylation sites is 1. The number of halogens is 5. The fourth-order valence-electron chi connectivity index (χ4n) is 3.17. The second kappa shape index (κ2) is 10.6. The van der Waals surface area contributed by atoms with E-state index >= 15 is 0 Å². The molecule has 162 valence electrons. The molecule has 0 aliphatic carbocycles. The topological polar surface area (TPSA) is 65.5 Å². The summed E-state index contributed by atoms with van der Waals surface area (Å²) in [5, 5.41) is 8.72. The number of hydrogen-bond donors (Lipinski definition) is 3. The van der Waals surface area contributed by atoms with Crippen LogP contribution in [0.25, 0.3) is 0 Å². The van der Waals surface area contributed by atoms with E-state index in [1.54, 1.807) is 6.92 Å². The van der Waals surface area contributed by atoms with Gasteiger partial charge < -0.3 is 16.0 Å². The van der Waals surface area contributed by atoms with Gasteiger partial charge in [0.1, 0.15) is 0 Å². The summed E-state index contributed by atoms with van der Waals surface area (Å²) in [5.74, 6) is -5.93. The van der Waals surface area contributed by atoms with Crippen molar-refractivity contribution in [1.29, 1.82) is 0 Å². The van der Waals surface area contributed by atoms with Gasteiger partial charge in [-0.2, -0.15) is 0 Å². The molecule has 0 saturated heterocycles. The molecule has 1 amide bonds. The molecule has 5 nitrogen and oxygen atoms in total. The van der Waals surface area contributed by atoms with Crippen molar-refractivity contribution in [3.63, 3.8) is 0 Å². The zero-order chi connectivity index (χ0) is 21.0. The first-order valence-electron chi connectivity index (χ1n) is 9.13. The van der Waals surface area contributed by atoms with E-state index in [9.17, 15) is 22.4 Å². The number of carbonyl (C=O) groups is 1. The lowest BCUT2D eigenvalue weighted by molar-refractivity contribution is -0.116. The molecule has 1 unspecified atom stereocenters. The van der Waals surface area contributed by atoms with Gasteiger partial charge in [-0.25, -0.2) is 22.6 Å². The summed E-state index contributed by atoms with van der Waals surface area (Å²) in [5.41, 5.74) is 0.902. The lowest BCUT2D eigenvalue weighted by Crippen LogP contribution is -2.40. The van der Waals surface area contributed by atoms with Crippen LogP contribution in [0.2, 0.25) is 0 Å². The number of hydrogen-bond acceptors (Lipinski definition) is 2. The Balaban J connectivity index is 0.00000320. The third kappa shape index (κ3) is 5.41. The fraction of sp³-hybridized carbons (Fsp3) is 0.300. The standard InChI is InChI=1S/C20H20F4N4O.HI/c1-2-25-20(27-10-13-18(23)14(21)8-15(22)19(13)24)26-9-11-7-17(29)28-16-6-4-3-5-12(11)16;/h3-6,8,11H,2,7,9-10H2,1H3,(H,28,29)(H2,25,26,27);1H. The predicted octanol–water partition coefficient (Wildman–Crippen LogP) is 4.04. The summed E-state index contributed by atoms with van der Waals surface area (Å²) in [6.45, 7) is 1.99. The lowest BCUT2D eigenvalue weighted by Gasteiger charge is -2.26. The van der Waals surface area contributed by atoms with Gasteiger partial charge in [-0.3, -0.25) is 4.79 Å². The predicted molar refractivity (Wildman–Crippen MR) is 117 cm³/mol. The minimum atomic E-state index is -1.48. The van der Waals surface area contributed by atoms with E-state index in [2.05, 4.69) is 20.9 Å². The summed E-state index contributed by atoms with van der Waals surface area (Å²) in [6.07, 6.45) is 0.266. The Morgan fingerprint density at radius 2 is 1.80 bits per heavy atom. The lowest BCUT2D eigenvalue weighted by atomic mass is 9.90. The van der Waals surface area contributed by atoms with Crippen LogP contribution in [0, 0.1) is 23.3 Å². The summed E-state index contributed by atoms with van der Waals surface area (Å²) in [4.78, 5) is 15.9. The third-order valence-corrected chi connectivity index (χ3v) is 4.56. The smallest absolute Gasteiger partial charge is 0.225 e. The molecule has 1 heterocycles. The molecule has 2 aromatic carbocycles. The highest BCUT2D eigenvalue weighted by Crippen LogP contribution is 2.31. The second-order valence-corrected chi connectivity index (χ2v) is 6.56. The SMILES string of the molecule is CCNC(=NCc1c(F)c(F)cc(F)c1F)NCC1CC(=O)Nc2ccccc21.I. The normalized spacial score (nSPS) is 15.7. The molecule has 1 aliphatic rings. The van der Waals surface area contributed by atoms with E-state index in [4.69, 9.17) is 0 Å². The van der Waals surface area contributed by atoms with Crippen LogP contribution in [-0.2, 0) is 11.3 Å². The molecule has 3 N–H and O–H groups in total. The van der Waals surface area contributed by atoms with Gasteiger partial charge in [0.05, 0.1) is 12.1 Å². The van der Waals surface area contributed by atoms with Crippen molar-refractivity contribution >= 4 is 41.5 Å². The van der Waals surface area contributed by atoms with Crippen LogP contribution in [0.1, 0.15) is 30.4 Å². The average molecular weight is 536 g/mol. The number of amides is 1. The monoisotopic (exact) mass is 536 g/mol. The van der Waals surface area contributed by atoms with Gasteiger partial charge in [0.2, 0.25) is 5.91 Å². The van der Waals surface area contributed by atoms with Crippen molar-refractivity contribution in [3.05, 3.63) is 64.7 Å². The molecule has 10 heteroatoms. The Kier molecular flexibility index (Phi) is 8.44. The highest BCUT2D eigenvalue weighted by atomic mass is 127. The minimum absolute atomic E-state index is 0. The Hall–Kier alpha value is -2.37. The summed E-state index contributed by atoms with van der Waals surface area (Å²) < 4.78 is 54.4. The highest BCUT2D eigenvalue weighted by Gasteiger charge is 2.25. The van der Waals surface area contributed by atoms with Crippen LogP contribution in [0.15, 0.2) is 35.3 Å². The third-order valence-electron chi connectivity index (χ3n) is 4.56. The maximum atomic E-state index is 13.8. The van der Waals surface area contributed by atoms with Gasteiger partial charge in [0, 0.05) is 37.2 Å². The van der Waals surface area contributed by atoms with E-state index < -0.39 is 35.4 Å². The van der Waals surface area contributed by atoms with Crippen molar-refractivity contribution in [3.8, 4) is 0 Å². The largest absolute Gasteiger partial charge is 0.357 e. The average Bonchev–Trinajstić information content (AvgIpc) is 2.70. The molecule has 0 aromatic heterocycles. The van der Waals surface area contributed by atoms with Crippen molar-refractivity contribution in [2.24, 2.45) is 4.99 Å². The molecule has 0 radical (unpaired) electrons. The molecule has 30 heavy (non-hydrogen) atoms. The first-order valence-corrected chi connectivity index (χ1v) is 9.13. The van der Waals surface area contributed by atoms with Crippen LogP contribution in [0.4, 0.5) is 23.2 Å². The molecule has 0 fully saturated rings. The van der Waals surface area contributed by atoms with Crippen LogP contribution >= 0.6 is 24.0 Å². The fourth-order valence-corrected chi connectivity index (χ4v) is 3.17. The van der Waals surface area contributed by atoms with Crippen LogP contribution < -0.4 is 16.0 Å². The number of anilines is 1. The number of rotatable bonds is 5. The number of nitrogens with one attached hydrogen (secondary N) is 3. The Labute approximate surface area is 188 Å². The van der Waals surface area contributed by atoms with Crippen molar-refractivity contribution in [2.45, 2.75) is 25.8 Å². The van der Waals surface area contributed by atoms with Crippen LogP contribution in [-0.4, -0.2) is 25.0 Å². The van der Waals surface area contributed by atoms with E-state index in [-0.39, 0.29) is 54.2 Å². The molecular formula is C20H21F4IN4O. The molecule has 0 bridgehead atoms. The maximum absolute atomic E-state index is 13.8. The van der Waals surface area contributed by atoms with Crippen molar-refractivity contribution in [1.82, 2.24) is 10.6 Å². The molecule has 0 spiro atoms. The first-order chi connectivity index (χ1) is 13.9. The van der Waals surface area contributed by atoms with Gasteiger partial charge in [-0.1, -0.05) is 18.2 Å². The van der Waals surface area contributed by atoms with E-state index in [0.717, 1.165) is 11.3 Å². The number of guanidine groups is 1. The Morgan fingerprint density at radius 3 is 2.47 bits per heavy atom. The number of fused-ring (bicyclic) bond motifs is 1. The van der Waals surface area contributed by atoms with Gasteiger partial charge in [-0.15, -0.1) is 24.0 Å². The second-order valence-electron chi connectivity index (χ2n) is 6.56. The van der Waals surface area contributed by atoms with Gasteiger partial charge >= 0.3 is 0 Å². The first kappa shape index (κ1) is 23.9. The molecular weight excluding hydrogens is 515 g/mol. The summed E-state index contributed by atoms with van der Waals surface area (Å²) >= 11 is 0. The van der Waals surface area contributed by atoms with E-state index in [0.29, 0.717) is 13.1 Å². The number of aliphatic imine (C=N–C) groups is 1. The zero-order valence-electron chi connectivity index (χ0n) is 16.1. The summed E-state index contributed by atoms with van der Waals surface area (Å²) in [6, 6.07) is 7.56. The molecule has 1 aliphatic heterocycles. The van der Waals surface area contributed by atoms with E-state index in [1.165, 1.54) is 0 Å². The van der Waals surface area contributed by atoms with Crippen molar-refractivity contribution < 1.29 is 22.4 Å². The molecule has 0 saturated carbocycles. The van der Waals surface area contributed by atoms with Gasteiger partial charge in [-0.05, 0) is 18.6 Å². The van der Waals surface area contributed by atoms with E-state index in [1.807, 2.05) is 24.3 Å². The quantitative estimate of drug-likeness (QED) is 0.178. The molecule has 2 aromatic rings. The van der Waals surface area contributed by atoms with Crippen LogP contribution in [0.5, 0.6) is 0 Å². The minimum Gasteiger partial charge on any atom is -0.357 e. The van der Waals surface area contributed by atoms with Crippen molar-refractivity contribution in [2.75, 3.05) is 18.4 Å². The maximum Gasteiger partial charge on any atom is 0.225 e. The Morgan fingerprint density at radius 1 is 1.13 bits per heavy atom. The van der Waals surface area contributed by atoms with Crippen LogP contribution in [0.3, 0.4) is 0 Å². The number of carbonyl (C=O) groups excluding carboxylic acids is 1. The van der Waals surface area contributed by atoms with Gasteiger partial charge in [0.15, 0.2) is 29.2 Å². The number of benzene rings is 2. The Bertz CT molecular complexity index is 928. The highest BCUT2D eigenvalue weighted by molar-refractivity contribution is 14.0.